The fourth-order valence-corrected chi connectivity index (χ4v) is 2.07. The molecular formula is C17H16ClNO. The van der Waals surface area contributed by atoms with Gasteiger partial charge in [0.05, 0.1) is 6.04 Å². The fourth-order valence-electron chi connectivity index (χ4n) is 1.87. The summed E-state index contributed by atoms with van der Waals surface area (Å²) in [5.74, 6) is -0.124. The van der Waals surface area contributed by atoms with Crippen LogP contribution in [0.5, 0.6) is 0 Å². The largest absolute Gasteiger partial charge is 0.346 e. The first-order valence-electron chi connectivity index (χ1n) is 6.44. The van der Waals surface area contributed by atoms with Crippen LogP contribution in [-0.2, 0) is 4.79 Å². The Balaban J connectivity index is 1.96. The van der Waals surface area contributed by atoms with Crippen molar-refractivity contribution in [2.45, 2.75) is 13.0 Å². The van der Waals surface area contributed by atoms with Crippen molar-refractivity contribution in [1.29, 1.82) is 0 Å². The van der Waals surface area contributed by atoms with E-state index in [1.54, 1.807) is 12.1 Å². The Kier molecular flexibility index (Phi) is 4.97. The van der Waals surface area contributed by atoms with Crippen LogP contribution in [0.15, 0.2) is 60.7 Å². The van der Waals surface area contributed by atoms with E-state index >= 15 is 0 Å². The van der Waals surface area contributed by atoms with E-state index in [2.05, 4.69) is 5.32 Å². The van der Waals surface area contributed by atoms with Gasteiger partial charge in [-0.1, -0.05) is 54.1 Å². The third-order valence-corrected chi connectivity index (χ3v) is 3.17. The second kappa shape index (κ2) is 6.92. The summed E-state index contributed by atoms with van der Waals surface area (Å²) < 4.78 is 0. The molecule has 20 heavy (non-hydrogen) atoms. The number of benzene rings is 2. The molecule has 0 saturated heterocycles. The van der Waals surface area contributed by atoms with Gasteiger partial charge < -0.3 is 5.32 Å². The Bertz CT molecular complexity index is 607. The lowest BCUT2D eigenvalue weighted by Gasteiger charge is -2.12. The van der Waals surface area contributed by atoms with E-state index in [0.717, 1.165) is 11.1 Å². The van der Waals surface area contributed by atoms with Crippen LogP contribution in [-0.4, -0.2) is 5.91 Å². The van der Waals surface area contributed by atoms with Crippen LogP contribution in [0.1, 0.15) is 24.1 Å². The Morgan fingerprint density at radius 3 is 2.60 bits per heavy atom. The summed E-state index contributed by atoms with van der Waals surface area (Å²) in [5.41, 5.74) is 1.98. The average Bonchev–Trinajstić information content (AvgIpc) is 2.46. The monoisotopic (exact) mass is 285 g/mol. The predicted octanol–water partition coefficient (Wildman–Crippen LogP) is 4.23. The first-order valence-corrected chi connectivity index (χ1v) is 6.82. The lowest BCUT2D eigenvalue weighted by atomic mass is 10.1. The van der Waals surface area contributed by atoms with Gasteiger partial charge >= 0.3 is 0 Å². The first-order chi connectivity index (χ1) is 9.65. The summed E-state index contributed by atoms with van der Waals surface area (Å²) in [5, 5.41) is 3.58. The quantitative estimate of drug-likeness (QED) is 0.837. The van der Waals surface area contributed by atoms with Crippen molar-refractivity contribution < 1.29 is 4.79 Å². The predicted molar refractivity (Wildman–Crippen MR) is 83.5 cm³/mol. The van der Waals surface area contributed by atoms with E-state index in [0.29, 0.717) is 5.02 Å². The molecule has 0 heterocycles. The molecule has 0 bridgehead atoms. The van der Waals surface area contributed by atoms with Gasteiger partial charge in [0.25, 0.3) is 0 Å². The molecule has 0 aliphatic rings. The highest BCUT2D eigenvalue weighted by molar-refractivity contribution is 6.30. The second-order valence-electron chi connectivity index (χ2n) is 4.53. The minimum absolute atomic E-state index is 0.0206. The summed E-state index contributed by atoms with van der Waals surface area (Å²) in [7, 11) is 0. The van der Waals surface area contributed by atoms with Crippen LogP contribution in [0.25, 0.3) is 6.08 Å². The van der Waals surface area contributed by atoms with Crippen molar-refractivity contribution in [2.75, 3.05) is 0 Å². The Labute approximate surface area is 124 Å². The molecule has 1 atom stereocenters. The normalized spacial score (nSPS) is 12.3. The Morgan fingerprint density at radius 2 is 1.90 bits per heavy atom. The zero-order valence-electron chi connectivity index (χ0n) is 11.2. The second-order valence-corrected chi connectivity index (χ2v) is 4.97. The van der Waals surface area contributed by atoms with Crippen molar-refractivity contribution in [3.63, 3.8) is 0 Å². The van der Waals surface area contributed by atoms with E-state index in [1.165, 1.54) is 6.08 Å². The van der Waals surface area contributed by atoms with Gasteiger partial charge in [-0.3, -0.25) is 4.79 Å². The molecule has 0 saturated carbocycles. The van der Waals surface area contributed by atoms with Crippen molar-refractivity contribution in [3.8, 4) is 0 Å². The molecule has 1 unspecified atom stereocenters. The zero-order valence-corrected chi connectivity index (χ0v) is 12.0. The van der Waals surface area contributed by atoms with Gasteiger partial charge in [0.2, 0.25) is 5.91 Å². The molecule has 3 heteroatoms. The van der Waals surface area contributed by atoms with E-state index in [4.69, 9.17) is 11.6 Å². The Morgan fingerprint density at radius 1 is 1.15 bits per heavy atom. The van der Waals surface area contributed by atoms with Gasteiger partial charge in [-0.15, -0.1) is 0 Å². The van der Waals surface area contributed by atoms with Crippen LogP contribution in [0.3, 0.4) is 0 Å². The minimum atomic E-state index is -0.124. The lowest BCUT2D eigenvalue weighted by molar-refractivity contribution is -0.117. The number of amides is 1. The molecule has 2 nitrogen and oxygen atoms in total. The van der Waals surface area contributed by atoms with Gasteiger partial charge in [0, 0.05) is 11.1 Å². The van der Waals surface area contributed by atoms with Crippen molar-refractivity contribution in [2.24, 2.45) is 0 Å². The molecule has 0 radical (unpaired) electrons. The standard InChI is InChI=1S/C17H16ClNO/c1-13(15-7-3-2-4-8-15)19-17(20)11-10-14-6-5-9-16(18)12-14/h2-13H,1H3,(H,19,20)/b11-10+. The van der Waals surface area contributed by atoms with Crippen molar-refractivity contribution in [1.82, 2.24) is 5.32 Å². The van der Waals surface area contributed by atoms with E-state index in [1.807, 2.05) is 55.5 Å². The van der Waals surface area contributed by atoms with E-state index < -0.39 is 0 Å². The first kappa shape index (κ1) is 14.4. The smallest absolute Gasteiger partial charge is 0.244 e. The highest BCUT2D eigenvalue weighted by Crippen LogP contribution is 2.13. The van der Waals surface area contributed by atoms with Gasteiger partial charge in [-0.05, 0) is 36.3 Å². The summed E-state index contributed by atoms with van der Waals surface area (Å²) >= 11 is 5.89. The lowest BCUT2D eigenvalue weighted by Crippen LogP contribution is -2.24. The molecule has 0 fully saturated rings. The molecule has 1 N–H and O–H groups in total. The number of hydrogen-bond donors (Lipinski definition) is 1. The highest BCUT2D eigenvalue weighted by atomic mass is 35.5. The molecule has 2 aromatic carbocycles. The molecule has 2 aromatic rings. The minimum Gasteiger partial charge on any atom is -0.346 e. The van der Waals surface area contributed by atoms with Gasteiger partial charge in [0.15, 0.2) is 0 Å². The molecule has 1 amide bonds. The summed E-state index contributed by atoms with van der Waals surface area (Å²) in [6, 6.07) is 17.2. The molecule has 0 aromatic heterocycles. The third-order valence-electron chi connectivity index (χ3n) is 2.93. The number of carbonyl (C=O) groups excluding carboxylic acids is 1. The molecule has 0 spiro atoms. The van der Waals surface area contributed by atoms with Crippen LogP contribution in [0.2, 0.25) is 5.02 Å². The summed E-state index contributed by atoms with van der Waals surface area (Å²) in [6.07, 6.45) is 3.27. The maximum atomic E-state index is 11.9. The van der Waals surface area contributed by atoms with Gasteiger partial charge in [-0.25, -0.2) is 0 Å². The molecule has 102 valence electrons. The number of nitrogens with one attached hydrogen (secondary N) is 1. The maximum Gasteiger partial charge on any atom is 0.244 e. The highest BCUT2D eigenvalue weighted by Gasteiger charge is 2.06. The SMILES string of the molecule is CC(NC(=O)/C=C/c1cccc(Cl)c1)c1ccccc1. The van der Waals surface area contributed by atoms with Crippen LogP contribution in [0, 0.1) is 0 Å². The molecule has 0 aliphatic carbocycles. The number of hydrogen-bond acceptors (Lipinski definition) is 1. The number of halogens is 1. The molecular weight excluding hydrogens is 270 g/mol. The Hall–Kier alpha value is -2.06. The number of rotatable bonds is 4. The number of carbonyl (C=O) groups is 1. The summed E-state index contributed by atoms with van der Waals surface area (Å²) in [4.78, 5) is 11.9. The maximum absolute atomic E-state index is 11.9. The molecule has 0 aliphatic heterocycles. The topological polar surface area (TPSA) is 29.1 Å². The van der Waals surface area contributed by atoms with Crippen molar-refractivity contribution >= 4 is 23.6 Å². The van der Waals surface area contributed by atoms with Crippen LogP contribution in [0.4, 0.5) is 0 Å². The summed E-state index contributed by atoms with van der Waals surface area (Å²) in [6.45, 7) is 1.96. The van der Waals surface area contributed by atoms with Crippen molar-refractivity contribution in [3.05, 3.63) is 76.8 Å². The fraction of sp³-hybridized carbons (Fsp3) is 0.118. The van der Waals surface area contributed by atoms with E-state index in [9.17, 15) is 4.79 Å². The molecule has 2 rings (SSSR count). The van der Waals surface area contributed by atoms with Gasteiger partial charge in [0.1, 0.15) is 0 Å². The van der Waals surface area contributed by atoms with Crippen LogP contribution < -0.4 is 5.32 Å². The average molecular weight is 286 g/mol. The van der Waals surface area contributed by atoms with Crippen LogP contribution >= 0.6 is 11.6 Å². The van der Waals surface area contributed by atoms with Gasteiger partial charge in [-0.2, -0.15) is 0 Å². The third kappa shape index (κ3) is 4.25. The van der Waals surface area contributed by atoms with E-state index in [-0.39, 0.29) is 11.9 Å². The zero-order chi connectivity index (χ0) is 14.4.